The number of thioether (sulfide) groups is 1. The van der Waals surface area contributed by atoms with Crippen LogP contribution in [0.2, 0.25) is 0 Å². The van der Waals surface area contributed by atoms with Crippen molar-refractivity contribution in [3.05, 3.63) is 47.9 Å². The number of nitrogen functional groups attached to an aromatic ring is 1. The standard InChI is InChI=1S/C12H13NOS/c1-9-4-2-6-11(12(9)13)15-8-10-5-3-7-14-10/h2-7H,8,13H2,1H3. The Labute approximate surface area is 93.5 Å². The Balaban J connectivity index is 2.08. The van der Waals surface area contributed by atoms with Crippen molar-refractivity contribution < 1.29 is 4.42 Å². The monoisotopic (exact) mass is 219 g/mol. The van der Waals surface area contributed by atoms with Gasteiger partial charge in [-0.15, -0.1) is 11.8 Å². The van der Waals surface area contributed by atoms with Crippen molar-refractivity contribution in [2.24, 2.45) is 0 Å². The molecule has 0 unspecified atom stereocenters. The van der Waals surface area contributed by atoms with Gasteiger partial charge in [-0.2, -0.15) is 0 Å². The summed E-state index contributed by atoms with van der Waals surface area (Å²) in [6.07, 6.45) is 1.69. The lowest BCUT2D eigenvalue weighted by Gasteiger charge is -2.06. The summed E-state index contributed by atoms with van der Waals surface area (Å²) in [6.45, 7) is 2.02. The third-order valence-electron chi connectivity index (χ3n) is 2.23. The van der Waals surface area contributed by atoms with Gasteiger partial charge in [0.15, 0.2) is 0 Å². The van der Waals surface area contributed by atoms with Gasteiger partial charge in [0.2, 0.25) is 0 Å². The number of nitrogens with two attached hydrogens (primary N) is 1. The quantitative estimate of drug-likeness (QED) is 0.634. The van der Waals surface area contributed by atoms with Crippen LogP contribution < -0.4 is 5.73 Å². The Morgan fingerprint density at radius 2 is 2.13 bits per heavy atom. The predicted molar refractivity (Wildman–Crippen MR) is 63.9 cm³/mol. The molecule has 2 aromatic rings. The molecule has 1 heterocycles. The first-order chi connectivity index (χ1) is 7.27. The molecule has 0 radical (unpaired) electrons. The van der Waals surface area contributed by atoms with Crippen molar-refractivity contribution in [3.63, 3.8) is 0 Å². The van der Waals surface area contributed by atoms with E-state index in [-0.39, 0.29) is 0 Å². The second-order valence-corrected chi connectivity index (χ2v) is 4.37. The van der Waals surface area contributed by atoms with E-state index < -0.39 is 0 Å². The second-order valence-electron chi connectivity index (χ2n) is 3.35. The molecule has 1 aromatic carbocycles. The molecule has 0 fully saturated rings. The number of hydrogen-bond acceptors (Lipinski definition) is 3. The maximum atomic E-state index is 5.97. The molecule has 0 bridgehead atoms. The van der Waals surface area contributed by atoms with E-state index in [9.17, 15) is 0 Å². The Hall–Kier alpha value is -1.35. The highest BCUT2D eigenvalue weighted by molar-refractivity contribution is 7.98. The highest BCUT2D eigenvalue weighted by Gasteiger charge is 2.03. The summed E-state index contributed by atoms with van der Waals surface area (Å²) in [4.78, 5) is 1.12. The molecule has 2 nitrogen and oxygen atoms in total. The summed E-state index contributed by atoms with van der Waals surface area (Å²) in [5, 5.41) is 0. The van der Waals surface area contributed by atoms with Crippen LogP contribution in [-0.4, -0.2) is 0 Å². The first-order valence-corrected chi connectivity index (χ1v) is 5.76. The van der Waals surface area contributed by atoms with Gasteiger partial charge >= 0.3 is 0 Å². The van der Waals surface area contributed by atoms with Gasteiger partial charge in [-0.05, 0) is 30.7 Å². The molecule has 0 aliphatic heterocycles. The third kappa shape index (κ3) is 2.36. The smallest absolute Gasteiger partial charge is 0.113 e. The molecule has 0 amide bonds. The van der Waals surface area contributed by atoms with E-state index in [2.05, 4.69) is 0 Å². The van der Waals surface area contributed by atoms with Crippen LogP contribution in [0.1, 0.15) is 11.3 Å². The number of benzene rings is 1. The minimum atomic E-state index is 0.820. The molecule has 0 aliphatic carbocycles. The van der Waals surface area contributed by atoms with Gasteiger partial charge in [0.05, 0.1) is 12.0 Å². The van der Waals surface area contributed by atoms with Gasteiger partial charge in [0.1, 0.15) is 5.76 Å². The molecule has 0 aliphatic rings. The van der Waals surface area contributed by atoms with Gasteiger partial charge in [-0.1, -0.05) is 12.1 Å². The van der Waals surface area contributed by atoms with Crippen LogP contribution in [0.3, 0.4) is 0 Å². The molecule has 0 saturated carbocycles. The minimum Gasteiger partial charge on any atom is -0.468 e. The van der Waals surface area contributed by atoms with Crippen molar-refractivity contribution in [1.82, 2.24) is 0 Å². The summed E-state index contributed by atoms with van der Waals surface area (Å²) in [7, 11) is 0. The SMILES string of the molecule is Cc1cccc(SCc2ccco2)c1N. The zero-order valence-corrected chi connectivity index (χ0v) is 9.38. The van der Waals surface area contributed by atoms with Crippen LogP contribution in [0.15, 0.2) is 45.9 Å². The Bertz CT molecular complexity index is 437. The zero-order valence-electron chi connectivity index (χ0n) is 8.57. The number of aryl methyl sites for hydroxylation is 1. The van der Waals surface area contributed by atoms with Gasteiger partial charge in [0, 0.05) is 10.6 Å². The van der Waals surface area contributed by atoms with E-state index in [1.54, 1.807) is 18.0 Å². The molecular formula is C12H13NOS. The van der Waals surface area contributed by atoms with Crippen molar-refractivity contribution in [1.29, 1.82) is 0 Å². The lowest BCUT2D eigenvalue weighted by atomic mass is 10.2. The van der Waals surface area contributed by atoms with E-state index >= 15 is 0 Å². The molecule has 1 aromatic heterocycles. The van der Waals surface area contributed by atoms with Gasteiger partial charge < -0.3 is 10.2 Å². The van der Waals surface area contributed by atoms with Gasteiger partial charge in [-0.3, -0.25) is 0 Å². The number of hydrogen-bond donors (Lipinski definition) is 1. The third-order valence-corrected chi connectivity index (χ3v) is 3.33. The highest BCUT2D eigenvalue weighted by Crippen LogP contribution is 2.29. The zero-order chi connectivity index (χ0) is 10.7. The average molecular weight is 219 g/mol. The molecular weight excluding hydrogens is 206 g/mol. The molecule has 0 spiro atoms. The van der Waals surface area contributed by atoms with Crippen LogP contribution in [0.5, 0.6) is 0 Å². The van der Waals surface area contributed by atoms with Crippen LogP contribution >= 0.6 is 11.8 Å². The van der Waals surface area contributed by atoms with Crippen LogP contribution in [0.4, 0.5) is 5.69 Å². The first-order valence-electron chi connectivity index (χ1n) is 4.77. The maximum absolute atomic E-state index is 5.97. The first kappa shape index (κ1) is 10.2. The summed E-state index contributed by atoms with van der Waals surface area (Å²) < 4.78 is 5.26. The molecule has 3 heteroatoms. The fraction of sp³-hybridized carbons (Fsp3) is 0.167. The summed E-state index contributed by atoms with van der Waals surface area (Å²) >= 11 is 1.70. The number of rotatable bonds is 3. The van der Waals surface area contributed by atoms with E-state index in [0.717, 1.165) is 27.7 Å². The van der Waals surface area contributed by atoms with E-state index in [4.69, 9.17) is 10.2 Å². The van der Waals surface area contributed by atoms with Crippen molar-refractivity contribution in [2.75, 3.05) is 5.73 Å². The molecule has 15 heavy (non-hydrogen) atoms. The van der Waals surface area contributed by atoms with Crippen LogP contribution in [0, 0.1) is 6.92 Å². The van der Waals surface area contributed by atoms with Crippen LogP contribution in [-0.2, 0) is 5.75 Å². The summed E-state index contributed by atoms with van der Waals surface area (Å²) in [5.41, 5.74) is 7.96. The Kier molecular flexibility index (Phi) is 3.02. The largest absolute Gasteiger partial charge is 0.468 e. The van der Waals surface area contributed by atoms with Crippen LogP contribution in [0.25, 0.3) is 0 Å². The summed E-state index contributed by atoms with van der Waals surface area (Å²) in [5.74, 6) is 1.79. The minimum absolute atomic E-state index is 0.820. The number of furan rings is 1. The lowest BCUT2D eigenvalue weighted by molar-refractivity contribution is 0.530. The van der Waals surface area contributed by atoms with E-state index in [1.807, 2.05) is 37.3 Å². The maximum Gasteiger partial charge on any atom is 0.113 e. The number of para-hydroxylation sites is 1. The summed E-state index contributed by atoms with van der Waals surface area (Å²) in [6, 6.07) is 9.95. The molecule has 2 N–H and O–H groups in total. The van der Waals surface area contributed by atoms with Gasteiger partial charge in [0.25, 0.3) is 0 Å². The second kappa shape index (κ2) is 4.45. The van der Waals surface area contributed by atoms with Crippen molar-refractivity contribution >= 4 is 17.4 Å². The topological polar surface area (TPSA) is 39.2 Å². The van der Waals surface area contributed by atoms with E-state index in [0.29, 0.717) is 0 Å². The Morgan fingerprint density at radius 1 is 1.27 bits per heavy atom. The Morgan fingerprint density at radius 3 is 2.87 bits per heavy atom. The number of anilines is 1. The van der Waals surface area contributed by atoms with E-state index in [1.165, 1.54) is 0 Å². The van der Waals surface area contributed by atoms with Crippen molar-refractivity contribution in [3.8, 4) is 0 Å². The average Bonchev–Trinajstić information content (AvgIpc) is 2.73. The predicted octanol–water partition coefficient (Wildman–Crippen LogP) is 3.46. The normalized spacial score (nSPS) is 10.5. The molecule has 2 rings (SSSR count). The lowest BCUT2D eigenvalue weighted by Crippen LogP contribution is -1.92. The molecule has 0 atom stereocenters. The van der Waals surface area contributed by atoms with Crippen molar-refractivity contribution in [2.45, 2.75) is 17.6 Å². The molecule has 78 valence electrons. The fourth-order valence-corrected chi connectivity index (χ4v) is 2.28. The van der Waals surface area contributed by atoms with Gasteiger partial charge in [-0.25, -0.2) is 0 Å². The highest BCUT2D eigenvalue weighted by atomic mass is 32.2. The molecule has 0 saturated heterocycles. The fourth-order valence-electron chi connectivity index (χ4n) is 1.32.